The maximum absolute atomic E-state index is 13.8. The fourth-order valence-corrected chi connectivity index (χ4v) is 6.90. The van der Waals surface area contributed by atoms with Gasteiger partial charge in [0, 0.05) is 25.0 Å². The number of halogens is 1. The minimum atomic E-state index is -1.16. The molecule has 11 heteroatoms. The number of rotatable bonds is 11. The van der Waals surface area contributed by atoms with Crippen LogP contribution in [0.2, 0.25) is 5.02 Å². The van der Waals surface area contributed by atoms with E-state index in [-0.39, 0.29) is 48.1 Å². The molecule has 2 aliphatic heterocycles. The number of hydrogen-bond donors (Lipinski definition) is 3. The lowest BCUT2D eigenvalue weighted by Gasteiger charge is -2.31. The van der Waals surface area contributed by atoms with E-state index in [1.165, 1.54) is 4.90 Å². The molecule has 220 valence electrons. The Morgan fingerprint density at radius 3 is 2.54 bits per heavy atom. The van der Waals surface area contributed by atoms with E-state index in [1.807, 2.05) is 12.1 Å². The average molecular weight is 585 g/mol. The second-order valence-electron chi connectivity index (χ2n) is 12.9. The van der Waals surface area contributed by atoms with Crippen molar-refractivity contribution in [2.45, 2.75) is 76.4 Å². The molecule has 6 rings (SSSR count). The molecule has 2 heterocycles. The first kappa shape index (κ1) is 28.0. The van der Waals surface area contributed by atoms with Gasteiger partial charge in [-0.3, -0.25) is 24.0 Å². The summed E-state index contributed by atoms with van der Waals surface area (Å²) in [5.74, 6) is -2.01. The summed E-state index contributed by atoms with van der Waals surface area (Å²) < 4.78 is 5.78. The summed E-state index contributed by atoms with van der Waals surface area (Å²) in [7, 11) is 0. The molecule has 0 unspecified atom stereocenters. The van der Waals surface area contributed by atoms with Gasteiger partial charge in [0.2, 0.25) is 17.6 Å². The van der Waals surface area contributed by atoms with Crippen molar-refractivity contribution in [1.29, 1.82) is 0 Å². The maximum Gasteiger partial charge on any atom is 0.289 e. The number of carbonyl (C=O) groups is 5. The van der Waals surface area contributed by atoms with E-state index in [9.17, 15) is 24.0 Å². The summed E-state index contributed by atoms with van der Waals surface area (Å²) in [5, 5.41) is 8.66. The number of likely N-dealkylation sites (tertiary alicyclic amines) is 1. The molecule has 3 N–H and O–H groups in total. The van der Waals surface area contributed by atoms with Crippen LogP contribution >= 0.6 is 11.6 Å². The summed E-state index contributed by atoms with van der Waals surface area (Å²) in [5.41, 5.74) is 1.02. The van der Waals surface area contributed by atoms with Gasteiger partial charge in [0.15, 0.2) is 6.61 Å². The molecule has 3 aliphatic carbocycles. The van der Waals surface area contributed by atoms with Gasteiger partial charge in [0.25, 0.3) is 11.8 Å². The van der Waals surface area contributed by atoms with Crippen molar-refractivity contribution in [2.24, 2.45) is 23.2 Å². The van der Waals surface area contributed by atoms with Crippen molar-refractivity contribution in [3.63, 3.8) is 0 Å². The van der Waals surface area contributed by atoms with Gasteiger partial charge in [-0.1, -0.05) is 31.5 Å². The molecule has 3 saturated carbocycles. The molecular formula is C30H37ClN4O6. The van der Waals surface area contributed by atoms with Crippen LogP contribution in [0.5, 0.6) is 5.75 Å². The van der Waals surface area contributed by atoms with Crippen LogP contribution in [0.3, 0.4) is 0 Å². The van der Waals surface area contributed by atoms with Crippen LogP contribution in [0, 0.1) is 23.2 Å². The van der Waals surface area contributed by atoms with Crippen molar-refractivity contribution in [2.75, 3.05) is 19.7 Å². The van der Waals surface area contributed by atoms with E-state index in [0.717, 1.165) is 31.2 Å². The van der Waals surface area contributed by atoms with E-state index in [2.05, 4.69) is 29.8 Å². The molecule has 10 nitrogen and oxygen atoms in total. The fraction of sp³-hybridized carbons (Fsp3) is 0.633. The minimum Gasteiger partial charge on any atom is -0.482 e. The van der Waals surface area contributed by atoms with Crippen LogP contribution in [0.25, 0.3) is 0 Å². The second kappa shape index (κ2) is 10.6. The third-order valence-electron chi connectivity index (χ3n) is 9.61. The van der Waals surface area contributed by atoms with Crippen LogP contribution in [0.1, 0.15) is 63.9 Å². The monoisotopic (exact) mass is 584 g/mol. The summed E-state index contributed by atoms with van der Waals surface area (Å²) in [4.78, 5) is 66.8. The van der Waals surface area contributed by atoms with Crippen LogP contribution in [0.4, 0.5) is 0 Å². The first-order chi connectivity index (χ1) is 19.5. The zero-order valence-corrected chi connectivity index (χ0v) is 24.2. The molecular weight excluding hydrogens is 548 g/mol. The van der Waals surface area contributed by atoms with Gasteiger partial charge in [-0.25, -0.2) is 0 Å². The Kier molecular flexibility index (Phi) is 7.24. The predicted molar refractivity (Wildman–Crippen MR) is 149 cm³/mol. The van der Waals surface area contributed by atoms with Crippen molar-refractivity contribution >= 4 is 41.0 Å². The number of benzene rings is 1. The van der Waals surface area contributed by atoms with Gasteiger partial charge in [-0.2, -0.15) is 0 Å². The van der Waals surface area contributed by atoms with E-state index in [0.29, 0.717) is 36.2 Å². The van der Waals surface area contributed by atoms with E-state index in [1.54, 1.807) is 6.07 Å². The highest BCUT2D eigenvalue weighted by molar-refractivity contribution is 6.38. The highest BCUT2D eigenvalue weighted by Gasteiger charge is 2.69. The number of carbonyl (C=O) groups excluding carboxylic acids is 5. The van der Waals surface area contributed by atoms with E-state index in [4.69, 9.17) is 16.3 Å². The molecule has 5 atom stereocenters. The first-order valence-electron chi connectivity index (χ1n) is 14.7. The minimum absolute atomic E-state index is 0.0213. The summed E-state index contributed by atoms with van der Waals surface area (Å²) in [6.45, 7) is 4.74. The average Bonchev–Trinajstić information content (AvgIpc) is 3.89. The molecule has 5 aliphatic rings. The fourth-order valence-electron chi connectivity index (χ4n) is 6.66. The number of Topliss-reactive ketones (excluding diaryl/α,β-unsaturated/α-hetero) is 1. The van der Waals surface area contributed by atoms with Gasteiger partial charge >= 0.3 is 0 Å². The smallest absolute Gasteiger partial charge is 0.289 e. The second-order valence-corrected chi connectivity index (χ2v) is 13.3. The van der Waals surface area contributed by atoms with Gasteiger partial charge in [0.1, 0.15) is 11.8 Å². The molecule has 2 saturated heterocycles. The Balaban J connectivity index is 1.15. The lowest BCUT2D eigenvalue weighted by molar-refractivity contribution is -0.144. The van der Waals surface area contributed by atoms with Crippen molar-refractivity contribution in [3.05, 3.63) is 28.8 Å². The molecule has 0 radical (unpaired) electrons. The van der Waals surface area contributed by atoms with Gasteiger partial charge < -0.3 is 25.6 Å². The number of nitrogens with zero attached hydrogens (tertiary/aromatic N) is 1. The molecule has 5 fully saturated rings. The number of amides is 4. The molecule has 0 bridgehead atoms. The van der Waals surface area contributed by atoms with E-state index < -0.39 is 35.6 Å². The van der Waals surface area contributed by atoms with Gasteiger partial charge in [0.05, 0.1) is 11.1 Å². The van der Waals surface area contributed by atoms with Crippen molar-refractivity contribution in [3.8, 4) is 5.75 Å². The third kappa shape index (κ3) is 5.67. The normalized spacial score (nSPS) is 28.4. The molecule has 41 heavy (non-hydrogen) atoms. The maximum atomic E-state index is 13.8. The number of fused-ring (bicyclic) bond motifs is 1. The number of ether oxygens (including phenoxy) is 1. The van der Waals surface area contributed by atoms with Crippen LogP contribution in [0.15, 0.2) is 18.2 Å². The third-order valence-corrected chi connectivity index (χ3v) is 9.90. The van der Waals surface area contributed by atoms with Crippen LogP contribution in [-0.4, -0.2) is 72.1 Å². The highest BCUT2D eigenvalue weighted by Crippen LogP contribution is 2.64. The zero-order chi connectivity index (χ0) is 29.1. The summed E-state index contributed by atoms with van der Waals surface area (Å²) >= 11 is 6.41. The SMILES string of the molecule is CC1(C)[C@@H]2[C@@H](C(=O)N[C@@H](C[C@@H]3CCNC3=O)C(=O)C(=O)NC3CC3)N(C(=O)COc3ccc(C4CC4)cc3Cl)C[C@@H]21. The number of piperidine rings is 1. The standard InChI is InChI=1S/C30H37ClN4O6/c1-30(2)19-13-35(23(36)14-41-22-8-5-16(11-20(22)31)15-3-4-15)25(24(19)30)28(39)34-21(12-17-9-10-32-27(17)38)26(37)29(40)33-18-6-7-18/h5,8,11,15,17-19,21,24-25H,3-4,6-7,9-10,12-14H2,1-2H3,(H,32,38)(H,33,40)(H,34,39)/t17-,19-,21-,24-,25-/m0/s1. The lowest BCUT2D eigenvalue weighted by Crippen LogP contribution is -2.56. The largest absolute Gasteiger partial charge is 0.482 e. The Bertz CT molecular complexity index is 1290. The van der Waals surface area contributed by atoms with E-state index >= 15 is 0 Å². The van der Waals surface area contributed by atoms with Gasteiger partial charge in [-0.15, -0.1) is 0 Å². The predicted octanol–water partition coefficient (Wildman–Crippen LogP) is 1.94. The Labute approximate surface area is 244 Å². The Hall–Kier alpha value is -3.14. The highest BCUT2D eigenvalue weighted by atomic mass is 35.5. The number of nitrogens with one attached hydrogen (secondary N) is 3. The van der Waals surface area contributed by atoms with Gasteiger partial charge in [-0.05, 0) is 79.4 Å². The Morgan fingerprint density at radius 1 is 1.15 bits per heavy atom. The molecule has 1 aromatic carbocycles. The Morgan fingerprint density at radius 2 is 1.90 bits per heavy atom. The quantitative estimate of drug-likeness (QED) is 0.340. The summed E-state index contributed by atoms with van der Waals surface area (Å²) in [6, 6.07) is 3.64. The van der Waals surface area contributed by atoms with Crippen LogP contribution in [-0.2, 0) is 24.0 Å². The van der Waals surface area contributed by atoms with Crippen LogP contribution < -0.4 is 20.7 Å². The van der Waals surface area contributed by atoms with Crippen molar-refractivity contribution < 1.29 is 28.7 Å². The van der Waals surface area contributed by atoms with Crippen molar-refractivity contribution in [1.82, 2.24) is 20.9 Å². The topological polar surface area (TPSA) is 134 Å². The summed E-state index contributed by atoms with van der Waals surface area (Å²) in [6.07, 6.45) is 4.49. The molecule has 0 aromatic heterocycles. The molecule has 1 aromatic rings. The first-order valence-corrected chi connectivity index (χ1v) is 15.1. The molecule has 4 amide bonds. The zero-order valence-electron chi connectivity index (χ0n) is 23.4. The lowest BCUT2D eigenvalue weighted by atomic mass is 9.94. The number of ketones is 1. The molecule has 0 spiro atoms. The number of hydrogen-bond acceptors (Lipinski definition) is 6.